The fourth-order valence-corrected chi connectivity index (χ4v) is 5.72. The molecule has 186 valence electrons. The lowest BCUT2D eigenvalue weighted by Gasteiger charge is -2.30. The van der Waals surface area contributed by atoms with Crippen molar-refractivity contribution in [3.8, 4) is 5.19 Å². The van der Waals surface area contributed by atoms with Crippen molar-refractivity contribution in [2.24, 2.45) is 11.8 Å². The van der Waals surface area contributed by atoms with E-state index in [-0.39, 0.29) is 30.0 Å². The third-order valence-corrected chi connectivity index (χ3v) is 7.96. The molecule has 1 atom stereocenters. The smallest absolute Gasteiger partial charge is 0.422 e. The molecule has 0 saturated heterocycles. The maximum Gasteiger partial charge on any atom is 0.422 e. The molecule has 0 radical (unpaired) electrons. The van der Waals surface area contributed by atoms with Gasteiger partial charge >= 0.3 is 6.18 Å². The van der Waals surface area contributed by atoms with E-state index in [0.717, 1.165) is 68.7 Å². The maximum absolute atomic E-state index is 13.0. The number of thiazole rings is 1. The number of nitrogens with one attached hydrogen (secondary N) is 1. The van der Waals surface area contributed by atoms with E-state index in [1.165, 1.54) is 11.3 Å². The number of amides is 1. The number of halogens is 5. The first-order chi connectivity index (χ1) is 15.6. The van der Waals surface area contributed by atoms with Gasteiger partial charge in [0.1, 0.15) is 0 Å². The van der Waals surface area contributed by atoms with E-state index >= 15 is 0 Å². The first-order valence-corrected chi connectivity index (χ1v) is 12.5. The molecule has 4 rings (SSSR count). The zero-order chi connectivity index (χ0) is 23.6. The second-order valence-corrected chi connectivity index (χ2v) is 10.6. The quantitative estimate of drug-likeness (QED) is 0.536. The first-order valence-electron chi connectivity index (χ1n) is 11.6. The lowest BCUT2D eigenvalue weighted by Crippen LogP contribution is -2.38. The second kappa shape index (κ2) is 10.0. The van der Waals surface area contributed by atoms with E-state index in [2.05, 4.69) is 15.2 Å². The SMILES string of the molecule is O=C(CC1CC1(F)F)NC1CCC(CCN2CCc3nc(OCC(F)(F)F)sc3CC2)CC1. The van der Waals surface area contributed by atoms with Crippen LogP contribution in [0.2, 0.25) is 0 Å². The molecular weight excluding hydrogens is 465 g/mol. The molecule has 5 nitrogen and oxygen atoms in total. The Kier molecular flexibility index (Phi) is 7.47. The minimum Gasteiger partial charge on any atom is -0.460 e. The monoisotopic (exact) mass is 495 g/mol. The summed E-state index contributed by atoms with van der Waals surface area (Å²) in [6.07, 6.45) is 1.76. The first kappa shape index (κ1) is 24.6. The fourth-order valence-electron chi connectivity index (χ4n) is 4.78. The van der Waals surface area contributed by atoms with Crippen LogP contribution in [-0.4, -0.2) is 60.2 Å². The number of carbonyl (C=O) groups excluding carboxylic acids is 1. The van der Waals surface area contributed by atoms with Crippen molar-refractivity contribution in [3.63, 3.8) is 0 Å². The van der Waals surface area contributed by atoms with Crippen LogP contribution in [0.15, 0.2) is 0 Å². The third kappa shape index (κ3) is 7.24. The molecule has 2 saturated carbocycles. The van der Waals surface area contributed by atoms with Gasteiger partial charge in [0.25, 0.3) is 11.1 Å². The number of rotatable bonds is 8. The number of fused-ring (bicyclic) bond motifs is 1. The summed E-state index contributed by atoms with van der Waals surface area (Å²) >= 11 is 1.21. The van der Waals surface area contributed by atoms with Crippen molar-refractivity contribution in [3.05, 3.63) is 10.6 Å². The number of aromatic nitrogens is 1. The molecule has 1 amide bonds. The predicted octanol–water partition coefficient (Wildman–Crippen LogP) is 4.60. The average Bonchev–Trinajstić information content (AvgIpc) is 3.21. The van der Waals surface area contributed by atoms with Gasteiger partial charge in [-0.2, -0.15) is 13.2 Å². The summed E-state index contributed by atoms with van der Waals surface area (Å²) in [6, 6.07) is 0.0927. The van der Waals surface area contributed by atoms with Crippen LogP contribution in [0, 0.1) is 11.8 Å². The molecule has 1 aromatic rings. The van der Waals surface area contributed by atoms with Crippen molar-refractivity contribution >= 4 is 17.2 Å². The molecule has 3 aliphatic rings. The Morgan fingerprint density at radius 2 is 1.88 bits per heavy atom. The molecule has 11 heteroatoms. The minimum atomic E-state index is -4.36. The molecule has 1 N–H and O–H groups in total. The molecule has 2 fully saturated rings. The van der Waals surface area contributed by atoms with Gasteiger partial charge in [-0.05, 0) is 51.0 Å². The number of carbonyl (C=O) groups is 1. The van der Waals surface area contributed by atoms with Gasteiger partial charge in [0.05, 0.1) is 5.69 Å². The lowest BCUT2D eigenvalue weighted by atomic mass is 9.84. The van der Waals surface area contributed by atoms with E-state index in [1.54, 1.807) is 0 Å². The molecule has 1 unspecified atom stereocenters. The molecule has 1 aliphatic heterocycles. The van der Waals surface area contributed by atoms with E-state index in [4.69, 9.17) is 4.74 Å². The summed E-state index contributed by atoms with van der Waals surface area (Å²) in [5.41, 5.74) is 0.847. The summed E-state index contributed by atoms with van der Waals surface area (Å²) < 4.78 is 67.7. The third-order valence-electron chi connectivity index (χ3n) is 6.89. The van der Waals surface area contributed by atoms with Crippen LogP contribution < -0.4 is 10.1 Å². The minimum absolute atomic E-state index is 0.0713. The molecule has 0 spiro atoms. The van der Waals surface area contributed by atoms with Gasteiger partial charge in [-0.3, -0.25) is 4.79 Å². The average molecular weight is 496 g/mol. The molecule has 1 aromatic heterocycles. The summed E-state index contributed by atoms with van der Waals surface area (Å²) in [5.74, 6) is -3.09. The second-order valence-electron chi connectivity index (χ2n) is 9.54. The zero-order valence-electron chi connectivity index (χ0n) is 18.4. The molecule has 2 heterocycles. The zero-order valence-corrected chi connectivity index (χ0v) is 19.2. The van der Waals surface area contributed by atoms with Crippen LogP contribution in [-0.2, 0) is 17.6 Å². The van der Waals surface area contributed by atoms with Crippen molar-refractivity contribution in [1.29, 1.82) is 0 Å². The van der Waals surface area contributed by atoms with Crippen molar-refractivity contribution in [1.82, 2.24) is 15.2 Å². The number of ether oxygens (including phenoxy) is 1. The van der Waals surface area contributed by atoms with Gasteiger partial charge < -0.3 is 15.0 Å². The Labute approximate surface area is 194 Å². The van der Waals surface area contributed by atoms with Crippen LogP contribution in [0.1, 0.15) is 55.5 Å². The van der Waals surface area contributed by atoms with E-state index in [9.17, 15) is 26.7 Å². The summed E-state index contributed by atoms with van der Waals surface area (Å²) in [6.45, 7) is 1.33. The molecule has 0 aromatic carbocycles. The Morgan fingerprint density at radius 1 is 1.18 bits per heavy atom. The topological polar surface area (TPSA) is 54.5 Å². The largest absolute Gasteiger partial charge is 0.460 e. The molecule has 0 bridgehead atoms. The summed E-state index contributed by atoms with van der Waals surface area (Å²) in [4.78, 5) is 19.6. The van der Waals surface area contributed by atoms with Gasteiger partial charge in [-0.15, -0.1) is 0 Å². The van der Waals surface area contributed by atoms with Crippen molar-refractivity contribution in [2.45, 2.75) is 75.9 Å². The molecule has 33 heavy (non-hydrogen) atoms. The number of hydrogen-bond donors (Lipinski definition) is 1. The van der Waals surface area contributed by atoms with Gasteiger partial charge in [0, 0.05) is 49.2 Å². The Hall–Kier alpha value is -1.49. The Balaban J connectivity index is 1.12. The number of nitrogens with zero attached hydrogens (tertiary/aromatic N) is 2. The van der Waals surface area contributed by atoms with Crippen molar-refractivity contribution < 1.29 is 31.5 Å². The maximum atomic E-state index is 13.0. The van der Waals surface area contributed by atoms with E-state index in [1.807, 2.05) is 0 Å². The summed E-state index contributed by atoms with van der Waals surface area (Å²) in [5, 5.41) is 3.03. The fraction of sp³-hybridized carbons (Fsp3) is 0.818. The number of hydrogen-bond acceptors (Lipinski definition) is 5. The van der Waals surface area contributed by atoms with E-state index < -0.39 is 24.6 Å². The highest BCUT2D eigenvalue weighted by Crippen LogP contribution is 2.50. The molecular formula is C22H30F5N3O2S. The van der Waals surface area contributed by atoms with Crippen LogP contribution in [0.4, 0.5) is 22.0 Å². The van der Waals surface area contributed by atoms with Gasteiger partial charge in [-0.1, -0.05) is 11.3 Å². The van der Waals surface area contributed by atoms with Crippen LogP contribution in [0.3, 0.4) is 0 Å². The van der Waals surface area contributed by atoms with E-state index in [0.29, 0.717) is 12.3 Å². The van der Waals surface area contributed by atoms with Crippen LogP contribution in [0.25, 0.3) is 0 Å². The van der Waals surface area contributed by atoms with Gasteiger partial charge in [0.2, 0.25) is 5.91 Å². The normalized spacial score (nSPS) is 27.5. The highest BCUT2D eigenvalue weighted by molar-refractivity contribution is 7.13. The Morgan fingerprint density at radius 3 is 2.55 bits per heavy atom. The standard InChI is InChI=1S/C22H30F5N3O2S/c23-21(24)12-15(21)11-19(31)28-16-3-1-14(2-4-16)5-8-30-9-6-17-18(7-10-30)33-20(29-17)32-13-22(25,26)27/h14-16H,1-13H2,(H,28,31). The van der Waals surface area contributed by atoms with Gasteiger partial charge in [0.15, 0.2) is 6.61 Å². The lowest BCUT2D eigenvalue weighted by molar-refractivity contribution is -0.153. The van der Waals surface area contributed by atoms with Crippen molar-refractivity contribution in [2.75, 3.05) is 26.2 Å². The Bertz CT molecular complexity index is 798. The predicted molar refractivity (Wildman–Crippen MR) is 114 cm³/mol. The number of alkyl halides is 5. The highest BCUT2D eigenvalue weighted by Gasteiger charge is 2.57. The highest BCUT2D eigenvalue weighted by atomic mass is 32.1. The molecule has 2 aliphatic carbocycles. The van der Waals surface area contributed by atoms with Gasteiger partial charge in [-0.25, -0.2) is 13.8 Å². The summed E-state index contributed by atoms with van der Waals surface area (Å²) in [7, 11) is 0. The van der Waals surface area contributed by atoms with Crippen LogP contribution >= 0.6 is 11.3 Å². The van der Waals surface area contributed by atoms with Crippen LogP contribution in [0.5, 0.6) is 5.19 Å².